The number of rotatable bonds is 6. The van der Waals surface area contributed by atoms with Crippen molar-refractivity contribution in [3.63, 3.8) is 0 Å². The Bertz CT molecular complexity index is 616. The number of urea groups is 1. The third-order valence-corrected chi connectivity index (χ3v) is 4.25. The lowest BCUT2D eigenvalue weighted by atomic mass is 10.0. The zero-order valence-electron chi connectivity index (χ0n) is 12.2. The number of nitrogens with one attached hydrogen (secondary N) is 2. The van der Waals surface area contributed by atoms with Crippen molar-refractivity contribution >= 4 is 23.1 Å². The van der Waals surface area contributed by atoms with Crippen LogP contribution in [0.1, 0.15) is 25.3 Å². The minimum Gasteiger partial charge on any atom is -0.326 e. The molecule has 2 N–H and O–H groups in total. The van der Waals surface area contributed by atoms with E-state index < -0.39 is 24.5 Å². The summed E-state index contributed by atoms with van der Waals surface area (Å²) in [4.78, 5) is 16.3. The molecule has 1 unspecified atom stereocenters. The van der Waals surface area contributed by atoms with Gasteiger partial charge in [0.05, 0.1) is 17.4 Å². The van der Waals surface area contributed by atoms with Gasteiger partial charge in [-0.3, -0.25) is 4.68 Å². The van der Waals surface area contributed by atoms with Crippen LogP contribution in [0.15, 0.2) is 24.0 Å². The summed E-state index contributed by atoms with van der Waals surface area (Å²) < 4.78 is 25.6. The number of hydrogen-bond donors (Lipinski definition) is 2. The quantitative estimate of drug-likeness (QED) is 0.855. The molecule has 0 spiro atoms. The first-order valence-corrected chi connectivity index (χ1v) is 7.60. The highest BCUT2D eigenvalue weighted by atomic mass is 32.1. The maximum Gasteiger partial charge on any atom is 0.320 e. The zero-order chi connectivity index (χ0) is 16.2. The largest absolute Gasteiger partial charge is 0.326 e. The van der Waals surface area contributed by atoms with Gasteiger partial charge in [0.1, 0.15) is 11.6 Å². The Balaban J connectivity index is 1.98. The standard InChI is InChI=1S/C13H17F2N5OS/c1-3-13(2,11-16-4-5-22-11)19-12(21)18-9-6-17-20(7-9)8-10(14)15/h4-7,10H,3,8H2,1-2H3,(H2,18,19,21). The van der Waals surface area contributed by atoms with Gasteiger partial charge in [-0.05, 0) is 13.3 Å². The molecule has 2 rings (SSSR count). The predicted molar refractivity (Wildman–Crippen MR) is 80.1 cm³/mol. The van der Waals surface area contributed by atoms with Gasteiger partial charge in [-0.1, -0.05) is 6.92 Å². The summed E-state index contributed by atoms with van der Waals surface area (Å²) in [5, 5.41) is 11.9. The van der Waals surface area contributed by atoms with E-state index >= 15 is 0 Å². The average Bonchev–Trinajstić information content (AvgIpc) is 3.09. The van der Waals surface area contributed by atoms with Crippen LogP contribution in [0.2, 0.25) is 0 Å². The number of anilines is 1. The molecule has 0 aromatic carbocycles. The first kappa shape index (κ1) is 16.3. The summed E-state index contributed by atoms with van der Waals surface area (Å²) in [6.45, 7) is 3.32. The maximum absolute atomic E-state index is 12.3. The van der Waals surface area contributed by atoms with Crippen molar-refractivity contribution in [2.45, 2.75) is 38.8 Å². The molecule has 0 bridgehead atoms. The fourth-order valence-corrected chi connectivity index (χ4v) is 2.70. The molecule has 2 heterocycles. The smallest absolute Gasteiger partial charge is 0.320 e. The number of amides is 2. The molecule has 120 valence electrons. The molecular weight excluding hydrogens is 312 g/mol. The predicted octanol–water partition coefficient (Wildman–Crippen LogP) is 3.05. The Kier molecular flexibility index (Phi) is 5.07. The maximum atomic E-state index is 12.3. The number of nitrogens with zero attached hydrogens (tertiary/aromatic N) is 3. The van der Waals surface area contributed by atoms with Crippen molar-refractivity contribution in [3.05, 3.63) is 29.0 Å². The summed E-state index contributed by atoms with van der Waals surface area (Å²) in [7, 11) is 0. The van der Waals surface area contributed by atoms with Crippen LogP contribution in [-0.2, 0) is 12.1 Å². The molecule has 2 amide bonds. The lowest BCUT2D eigenvalue weighted by Gasteiger charge is -2.27. The summed E-state index contributed by atoms with van der Waals surface area (Å²) in [5.74, 6) is 0. The molecule has 2 aromatic heterocycles. The second kappa shape index (κ2) is 6.82. The van der Waals surface area contributed by atoms with Crippen LogP contribution in [0.25, 0.3) is 0 Å². The number of aromatic nitrogens is 3. The average molecular weight is 329 g/mol. The van der Waals surface area contributed by atoms with Crippen LogP contribution in [0, 0.1) is 0 Å². The molecule has 9 heteroatoms. The zero-order valence-corrected chi connectivity index (χ0v) is 13.0. The second-order valence-corrected chi connectivity index (χ2v) is 5.84. The van der Waals surface area contributed by atoms with Crippen LogP contribution >= 0.6 is 11.3 Å². The van der Waals surface area contributed by atoms with E-state index in [1.165, 1.54) is 23.7 Å². The van der Waals surface area contributed by atoms with E-state index in [1.54, 1.807) is 6.20 Å². The van der Waals surface area contributed by atoms with E-state index in [9.17, 15) is 13.6 Å². The van der Waals surface area contributed by atoms with Gasteiger partial charge in [0, 0.05) is 17.8 Å². The Morgan fingerprint density at radius 3 is 2.91 bits per heavy atom. The van der Waals surface area contributed by atoms with Crippen LogP contribution in [-0.4, -0.2) is 27.2 Å². The van der Waals surface area contributed by atoms with E-state index in [-0.39, 0.29) is 0 Å². The number of carbonyl (C=O) groups is 1. The van der Waals surface area contributed by atoms with Gasteiger partial charge < -0.3 is 10.6 Å². The Labute approximate surface area is 130 Å². The first-order chi connectivity index (χ1) is 10.4. The monoisotopic (exact) mass is 329 g/mol. The Morgan fingerprint density at radius 1 is 1.55 bits per heavy atom. The minimum absolute atomic E-state index is 0.357. The molecule has 0 aliphatic carbocycles. The summed E-state index contributed by atoms with van der Waals surface area (Å²) in [5.41, 5.74) is -0.229. The van der Waals surface area contributed by atoms with E-state index in [1.807, 2.05) is 19.2 Å². The van der Waals surface area contributed by atoms with Crippen molar-refractivity contribution < 1.29 is 13.6 Å². The van der Waals surface area contributed by atoms with Crippen LogP contribution in [0.5, 0.6) is 0 Å². The van der Waals surface area contributed by atoms with E-state index in [0.29, 0.717) is 12.1 Å². The van der Waals surface area contributed by atoms with E-state index in [2.05, 4.69) is 20.7 Å². The topological polar surface area (TPSA) is 71.8 Å². The van der Waals surface area contributed by atoms with E-state index in [4.69, 9.17) is 0 Å². The highest BCUT2D eigenvalue weighted by Gasteiger charge is 2.29. The molecule has 0 saturated heterocycles. The molecule has 0 fully saturated rings. The molecule has 2 aromatic rings. The molecule has 0 aliphatic heterocycles. The number of halogens is 2. The van der Waals surface area contributed by atoms with Gasteiger partial charge in [-0.2, -0.15) is 5.10 Å². The van der Waals surface area contributed by atoms with Crippen molar-refractivity contribution in [3.8, 4) is 0 Å². The highest BCUT2D eigenvalue weighted by Crippen LogP contribution is 2.26. The van der Waals surface area contributed by atoms with Crippen LogP contribution < -0.4 is 10.6 Å². The molecule has 0 aliphatic rings. The van der Waals surface area contributed by atoms with Gasteiger partial charge >= 0.3 is 6.03 Å². The Morgan fingerprint density at radius 2 is 2.32 bits per heavy atom. The van der Waals surface area contributed by atoms with Gasteiger partial charge in [0.15, 0.2) is 0 Å². The minimum atomic E-state index is -2.49. The van der Waals surface area contributed by atoms with E-state index in [0.717, 1.165) is 9.69 Å². The number of carbonyl (C=O) groups excluding carboxylic acids is 1. The van der Waals surface area contributed by atoms with Crippen molar-refractivity contribution in [2.75, 3.05) is 5.32 Å². The second-order valence-electron chi connectivity index (χ2n) is 4.94. The third kappa shape index (κ3) is 4.00. The molecular formula is C13H17F2N5OS. The summed E-state index contributed by atoms with van der Waals surface area (Å²) >= 11 is 1.46. The number of hydrogen-bond acceptors (Lipinski definition) is 4. The number of thiazole rings is 1. The van der Waals surface area contributed by atoms with Crippen LogP contribution in [0.3, 0.4) is 0 Å². The van der Waals surface area contributed by atoms with Gasteiger partial charge in [-0.15, -0.1) is 11.3 Å². The fourth-order valence-electron chi connectivity index (χ4n) is 1.87. The van der Waals surface area contributed by atoms with Crippen molar-refractivity contribution in [1.82, 2.24) is 20.1 Å². The first-order valence-electron chi connectivity index (χ1n) is 6.72. The molecule has 22 heavy (non-hydrogen) atoms. The van der Waals surface area contributed by atoms with Gasteiger partial charge in [-0.25, -0.2) is 18.6 Å². The fraction of sp³-hybridized carbons (Fsp3) is 0.462. The highest BCUT2D eigenvalue weighted by molar-refractivity contribution is 7.09. The van der Waals surface area contributed by atoms with Crippen molar-refractivity contribution in [1.29, 1.82) is 0 Å². The van der Waals surface area contributed by atoms with Gasteiger partial charge in [0.25, 0.3) is 6.43 Å². The molecule has 1 atom stereocenters. The number of alkyl halides is 2. The van der Waals surface area contributed by atoms with Gasteiger partial charge in [0.2, 0.25) is 0 Å². The lowest BCUT2D eigenvalue weighted by Crippen LogP contribution is -2.45. The SMILES string of the molecule is CCC(C)(NC(=O)Nc1cnn(CC(F)F)c1)c1nccs1. The Hall–Kier alpha value is -2.03. The summed E-state index contributed by atoms with van der Waals surface area (Å²) in [6, 6.07) is -0.434. The summed E-state index contributed by atoms with van der Waals surface area (Å²) in [6.07, 6.45) is 2.54. The molecule has 0 radical (unpaired) electrons. The normalized spacial score (nSPS) is 13.9. The third-order valence-electron chi connectivity index (χ3n) is 3.22. The lowest BCUT2D eigenvalue weighted by molar-refractivity contribution is 0.122. The molecule has 6 nitrogen and oxygen atoms in total. The molecule has 0 saturated carbocycles. The van der Waals surface area contributed by atoms with Crippen LogP contribution in [0.4, 0.5) is 19.3 Å². The van der Waals surface area contributed by atoms with Crippen molar-refractivity contribution in [2.24, 2.45) is 0 Å².